The molecule has 1 amide bonds. The van der Waals surface area contributed by atoms with E-state index in [0.29, 0.717) is 22.5 Å². The summed E-state index contributed by atoms with van der Waals surface area (Å²) in [5.41, 5.74) is 1.13. The number of amides is 1. The van der Waals surface area contributed by atoms with Crippen LogP contribution in [0.5, 0.6) is 0 Å². The smallest absolute Gasteiger partial charge is 0.295 e. The number of carbonyl (C=O) groups excluding carboxylic acids is 1. The number of carbonyl (C=O) groups is 1. The number of nitro benzene ring substituents is 1. The van der Waals surface area contributed by atoms with Crippen LogP contribution in [0, 0.1) is 35.3 Å². The van der Waals surface area contributed by atoms with Crippen molar-refractivity contribution in [2.45, 2.75) is 13.8 Å². The summed E-state index contributed by atoms with van der Waals surface area (Å²) in [5.74, 6) is -0.781. The average Bonchev–Trinajstić information content (AvgIpc) is 2.96. The zero-order valence-corrected chi connectivity index (χ0v) is 17.1. The number of rotatable bonds is 5. The maximum absolute atomic E-state index is 12.9. The molecule has 1 aromatic heterocycles. The molecule has 31 heavy (non-hydrogen) atoms. The molecule has 0 saturated heterocycles. The Bertz CT molecular complexity index is 1310. The molecule has 156 valence electrons. The molecule has 0 radical (unpaired) electrons. The van der Waals surface area contributed by atoms with E-state index in [0.717, 1.165) is 0 Å². The van der Waals surface area contributed by atoms with E-state index in [4.69, 9.17) is 0 Å². The van der Waals surface area contributed by atoms with Crippen molar-refractivity contribution in [1.29, 1.82) is 5.26 Å². The molecule has 0 saturated carbocycles. The Balaban J connectivity index is 1.97. The number of hydrogen-bond acceptors (Lipinski definition) is 5. The zero-order valence-electron chi connectivity index (χ0n) is 17.1. The van der Waals surface area contributed by atoms with Crippen LogP contribution in [0.2, 0.25) is 0 Å². The van der Waals surface area contributed by atoms with Gasteiger partial charge in [-0.2, -0.15) is 5.26 Å². The van der Waals surface area contributed by atoms with Crippen LogP contribution in [-0.4, -0.2) is 20.2 Å². The van der Waals surface area contributed by atoms with Crippen LogP contribution in [0.1, 0.15) is 16.8 Å². The number of nitrogens with zero attached hydrogens (tertiary/aromatic N) is 4. The van der Waals surface area contributed by atoms with Crippen LogP contribution >= 0.6 is 0 Å². The summed E-state index contributed by atoms with van der Waals surface area (Å²) in [6.07, 6.45) is 1.25. The van der Waals surface area contributed by atoms with E-state index in [1.54, 1.807) is 62.0 Å². The molecule has 0 aliphatic carbocycles. The Morgan fingerprint density at radius 3 is 2.48 bits per heavy atom. The van der Waals surface area contributed by atoms with Crippen molar-refractivity contribution in [2.75, 3.05) is 5.32 Å². The Kier molecular flexibility index (Phi) is 5.83. The Labute approximate surface area is 177 Å². The number of nitrogens with one attached hydrogen (secondary N) is 1. The van der Waals surface area contributed by atoms with E-state index >= 15 is 0 Å². The van der Waals surface area contributed by atoms with Crippen LogP contribution in [-0.2, 0) is 11.8 Å². The van der Waals surface area contributed by atoms with E-state index in [9.17, 15) is 25.0 Å². The van der Waals surface area contributed by atoms with Gasteiger partial charge in [0.05, 0.1) is 16.3 Å². The first-order valence-electron chi connectivity index (χ1n) is 9.26. The summed E-state index contributed by atoms with van der Waals surface area (Å²) >= 11 is 0. The molecule has 9 nitrogen and oxygen atoms in total. The lowest BCUT2D eigenvalue weighted by molar-refractivity contribution is -0.385. The number of aryl methyl sites for hydroxylation is 1. The minimum Gasteiger partial charge on any atom is -0.315 e. The molecular weight excluding hydrogens is 398 g/mol. The second kappa shape index (κ2) is 8.51. The lowest BCUT2D eigenvalue weighted by atomic mass is 10.1. The normalized spacial score (nSPS) is 11.1. The number of anilines is 1. The summed E-state index contributed by atoms with van der Waals surface area (Å²) < 4.78 is 3.01. The van der Waals surface area contributed by atoms with Gasteiger partial charge >= 0.3 is 0 Å². The van der Waals surface area contributed by atoms with Crippen molar-refractivity contribution in [3.63, 3.8) is 0 Å². The predicted octanol–water partition coefficient (Wildman–Crippen LogP) is 3.25. The monoisotopic (exact) mass is 417 g/mol. The Hall–Kier alpha value is -4.45. The standard InChI is InChI=1S/C22H19N5O4/c1-14-9-10-16(12-19(14)27(30)31)11-17(13-23)21(28)24-20-15(2)25(3)26(22(20)29)18-7-5-4-6-8-18/h4-12H,1-3H3,(H,24,28). The molecule has 0 bridgehead atoms. The van der Waals surface area contributed by atoms with Crippen molar-refractivity contribution in [3.8, 4) is 11.8 Å². The largest absolute Gasteiger partial charge is 0.315 e. The van der Waals surface area contributed by atoms with Gasteiger partial charge in [-0.25, -0.2) is 4.68 Å². The lowest BCUT2D eigenvalue weighted by Crippen LogP contribution is -2.23. The molecule has 3 aromatic rings. The van der Waals surface area contributed by atoms with Gasteiger partial charge in [0.2, 0.25) is 0 Å². The molecule has 0 atom stereocenters. The quantitative estimate of drug-likeness (QED) is 0.295. The summed E-state index contributed by atoms with van der Waals surface area (Å²) in [6.45, 7) is 3.27. The van der Waals surface area contributed by atoms with E-state index < -0.39 is 16.4 Å². The summed E-state index contributed by atoms with van der Waals surface area (Å²) in [6, 6.07) is 15.1. The van der Waals surface area contributed by atoms with E-state index in [-0.39, 0.29) is 16.9 Å². The van der Waals surface area contributed by atoms with Gasteiger partial charge in [0.1, 0.15) is 17.3 Å². The first-order valence-corrected chi connectivity index (χ1v) is 9.26. The molecule has 2 aromatic carbocycles. The highest BCUT2D eigenvalue weighted by Crippen LogP contribution is 2.21. The highest BCUT2D eigenvalue weighted by Gasteiger charge is 2.20. The minimum atomic E-state index is -0.781. The van der Waals surface area contributed by atoms with Crippen LogP contribution < -0.4 is 10.9 Å². The Morgan fingerprint density at radius 1 is 1.19 bits per heavy atom. The van der Waals surface area contributed by atoms with Crippen LogP contribution in [0.25, 0.3) is 11.8 Å². The number of benzene rings is 2. The minimum absolute atomic E-state index is 0.0485. The number of nitriles is 1. The van der Waals surface area contributed by atoms with Gasteiger partial charge in [-0.15, -0.1) is 0 Å². The lowest BCUT2D eigenvalue weighted by Gasteiger charge is -2.07. The molecule has 9 heteroatoms. The molecule has 1 heterocycles. The maximum Gasteiger partial charge on any atom is 0.295 e. The summed E-state index contributed by atoms with van der Waals surface area (Å²) in [7, 11) is 1.69. The number of hydrogen-bond donors (Lipinski definition) is 1. The number of aromatic nitrogens is 2. The molecule has 0 aliphatic rings. The van der Waals surface area contributed by atoms with Gasteiger partial charge in [-0.05, 0) is 37.6 Å². The third-order valence-corrected chi connectivity index (χ3v) is 4.90. The van der Waals surface area contributed by atoms with Crippen molar-refractivity contribution in [1.82, 2.24) is 9.36 Å². The van der Waals surface area contributed by atoms with Gasteiger partial charge in [0, 0.05) is 18.7 Å². The molecule has 0 fully saturated rings. The van der Waals surface area contributed by atoms with E-state index in [2.05, 4.69) is 5.32 Å². The van der Waals surface area contributed by atoms with Gasteiger partial charge in [-0.3, -0.25) is 24.4 Å². The second-order valence-corrected chi connectivity index (χ2v) is 6.86. The van der Waals surface area contributed by atoms with Crippen LogP contribution in [0.4, 0.5) is 11.4 Å². The second-order valence-electron chi connectivity index (χ2n) is 6.86. The molecule has 0 unspecified atom stereocenters. The van der Waals surface area contributed by atoms with Crippen molar-refractivity contribution in [2.24, 2.45) is 7.05 Å². The molecule has 3 rings (SSSR count). The fourth-order valence-electron chi connectivity index (χ4n) is 3.12. The van der Waals surface area contributed by atoms with Crippen LogP contribution in [0.15, 0.2) is 58.9 Å². The molecule has 0 spiro atoms. The molecule has 1 N–H and O–H groups in total. The highest BCUT2D eigenvalue weighted by atomic mass is 16.6. The topological polar surface area (TPSA) is 123 Å². The maximum atomic E-state index is 12.9. The van der Waals surface area contributed by atoms with Gasteiger partial charge in [-0.1, -0.05) is 30.3 Å². The average molecular weight is 417 g/mol. The fraction of sp³-hybridized carbons (Fsp3) is 0.136. The number of para-hydroxylation sites is 1. The van der Waals surface area contributed by atoms with Gasteiger partial charge < -0.3 is 5.32 Å². The number of nitro groups is 1. The first-order chi connectivity index (χ1) is 14.7. The molecule has 0 aliphatic heterocycles. The van der Waals surface area contributed by atoms with E-state index in [1.165, 1.54) is 22.9 Å². The fourth-order valence-corrected chi connectivity index (χ4v) is 3.12. The van der Waals surface area contributed by atoms with Gasteiger partial charge in [0.25, 0.3) is 17.2 Å². The first kappa shape index (κ1) is 21.3. The summed E-state index contributed by atoms with van der Waals surface area (Å²) in [5, 5.41) is 23.1. The highest BCUT2D eigenvalue weighted by molar-refractivity contribution is 6.09. The zero-order chi connectivity index (χ0) is 22.7. The SMILES string of the molecule is Cc1ccc(C=C(C#N)C(=O)Nc2c(C)n(C)n(-c3ccccc3)c2=O)cc1[N+](=O)[O-]. The van der Waals surface area contributed by atoms with Crippen molar-refractivity contribution < 1.29 is 9.72 Å². The molecular formula is C22H19N5O4. The van der Waals surface area contributed by atoms with Crippen molar-refractivity contribution in [3.05, 3.63) is 91.4 Å². The third-order valence-electron chi connectivity index (χ3n) is 4.90. The Morgan fingerprint density at radius 2 is 1.87 bits per heavy atom. The van der Waals surface area contributed by atoms with Crippen molar-refractivity contribution >= 4 is 23.4 Å². The van der Waals surface area contributed by atoms with Gasteiger partial charge in [0.15, 0.2) is 0 Å². The van der Waals surface area contributed by atoms with E-state index in [1.807, 2.05) is 6.07 Å². The third kappa shape index (κ3) is 4.13. The predicted molar refractivity (Wildman–Crippen MR) is 116 cm³/mol. The summed E-state index contributed by atoms with van der Waals surface area (Å²) in [4.78, 5) is 36.2. The van der Waals surface area contributed by atoms with Crippen LogP contribution in [0.3, 0.4) is 0 Å².